The molecule has 2 heterocycles. The number of carbonyl (C=O) groups excluding carboxylic acids is 3. The van der Waals surface area contributed by atoms with E-state index in [2.05, 4.69) is 5.32 Å². The maximum atomic E-state index is 12.2. The van der Waals surface area contributed by atoms with Gasteiger partial charge in [0.1, 0.15) is 16.0 Å². The zero-order chi connectivity index (χ0) is 17.0. The number of hydrogen-bond donors (Lipinski definition) is 1. The van der Waals surface area contributed by atoms with E-state index < -0.39 is 18.0 Å². The van der Waals surface area contributed by atoms with Gasteiger partial charge in [0, 0.05) is 6.61 Å². The molecule has 0 aliphatic carbocycles. The Kier molecular flexibility index (Phi) is 5.73. The van der Waals surface area contributed by atoms with Crippen LogP contribution in [0.5, 0.6) is 0 Å². The topological polar surface area (TPSA) is 90.9 Å². The van der Waals surface area contributed by atoms with E-state index in [4.69, 9.17) is 14.2 Å². The van der Waals surface area contributed by atoms with E-state index in [1.54, 1.807) is 13.8 Å². The Labute approximate surface area is 137 Å². The summed E-state index contributed by atoms with van der Waals surface area (Å²) in [7, 11) is 1.25. The van der Waals surface area contributed by atoms with Gasteiger partial charge in [-0.25, -0.2) is 9.59 Å². The Bertz CT molecular complexity index is 618. The molecule has 23 heavy (non-hydrogen) atoms. The molecule has 1 amide bonds. The summed E-state index contributed by atoms with van der Waals surface area (Å²) < 4.78 is 15.0. The van der Waals surface area contributed by atoms with Crippen LogP contribution in [0.2, 0.25) is 0 Å². The number of methoxy groups -OCH3 is 1. The molecule has 1 aromatic rings. The Morgan fingerprint density at radius 3 is 2.65 bits per heavy atom. The summed E-state index contributed by atoms with van der Waals surface area (Å²) in [6, 6.07) is 0. The van der Waals surface area contributed by atoms with Gasteiger partial charge in [-0.15, -0.1) is 11.3 Å². The lowest BCUT2D eigenvalue weighted by Crippen LogP contribution is -2.27. The molecule has 126 valence electrons. The quantitative estimate of drug-likeness (QED) is 0.825. The minimum absolute atomic E-state index is 0.173. The summed E-state index contributed by atoms with van der Waals surface area (Å²) in [6.07, 6.45) is 0.919. The fourth-order valence-electron chi connectivity index (χ4n) is 2.32. The normalized spacial score (nSPS) is 16.9. The molecular weight excluding hydrogens is 322 g/mol. The van der Waals surface area contributed by atoms with Gasteiger partial charge in [-0.3, -0.25) is 4.79 Å². The summed E-state index contributed by atoms with van der Waals surface area (Å²) in [5.74, 6) is -1.47. The lowest BCUT2D eigenvalue weighted by molar-refractivity contribution is -0.124. The Morgan fingerprint density at radius 2 is 2.09 bits per heavy atom. The molecule has 1 aliphatic heterocycles. The molecule has 7 nitrogen and oxygen atoms in total. The number of amides is 1. The first-order valence-electron chi connectivity index (χ1n) is 7.30. The van der Waals surface area contributed by atoms with Crippen LogP contribution in [-0.2, 0) is 19.0 Å². The van der Waals surface area contributed by atoms with Crippen LogP contribution in [0.15, 0.2) is 0 Å². The van der Waals surface area contributed by atoms with Crippen LogP contribution >= 0.6 is 11.3 Å². The number of hydrogen-bond acceptors (Lipinski definition) is 7. The molecule has 1 N–H and O–H groups in total. The van der Waals surface area contributed by atoms with Gasteiger partial charge in [-0.2, -0.15) is 0 Å². The molecule has 1 aliphatic rings. The van der Waals surface area contributed by atoms with Gasteiger partial charge in [0.05, 0.1) is 19.3 Å². The van der Waals surface area contributed by atoms with E-state index in [0.29, 0.717) is 18.6 Å². The van der Waals surface area contributed by atoms with Crippen LogP contribution in [0.3, 0.4) is 0 Å². The van der Waals surface area contributed by atoms with Crippen molar-refractivity contribution < 1.29 is 28.6 Å². The highest BCUT2D eigenvalue weighted by Crippen LogP contribution is 2.34. The molecule has 8 heteroatoms. The molecule has 0 spiro atoms. The molecule has 2 rings (SSSR count). The molecule has 1 aromatic heterocycles. The number of thiophene rings is 1. The number of rotatable bonds is 5. The molecule has 0 bridgehead atoms. The van der Waals surface area contributed by atoms with E-state index in [9.17, 15) is 14.4 Å². The SMILES string of the molecule is CCOC(=O)c1sc(NC(=O)[C@H]2CCCO2)c(C(=O)OC)c1C. The highest BCUT2D eigenvalue weighted by atomic mass is 32.1. The first-order chi connectivity index (χ1) is 11.0. The van der Waals surface area contributed by atoms with Gasteiger partial charge in [-0.05, 0) is 32.3 Å². The molecular formula is C15H19NO6S. The van der Waals surface area contributed by atoms with Crippen LogP contribution in [0.25, 0.3) is 0 Å². The molecule has 0 saturated carbocycles. The third kappa shape index (κ3) is 3.70. The zero-order valence-electron chi connectivity index (χ0n) is 13.3. The van der Waals surface area contributed by atoms with Gasteiger partial charge in [0.2, 0.25) is 0 Å². The number of ether oxygens (including phenoxy) is 3. The lowest BCUT2D eigenvalue weighted by atomic mass is 10.1. The Morgan fingerprint density at radius 1 is 1.35 bits per heavy atom. The lowest BCUT2D eigenvalue weighted by Gasteiger charge is -2.10. The highest BCUT2D eigenvalue weighted by Gasteiger charge is 2.30. The third-order valence-electron chi connectivity index (χ3n) is 3.46. The second kappa shape index (κ2) is 7.56. The van der Waals surface area contributed by atoms with Crippen LogP contribution in [0.1, 0.15) is 45.4 Å². The van der Waals surface area contributed by atoms with Crippen molar-refractivity contribution in [3.63, 3.8) is 0 Å². The second-order valence-electron chi connectivity index (χ2n) is 4.96. The minimum Gasteiger partial charge on any atom is -0.465 e. The van der Waals surface area contributed by atoms with Crippen molar-refractivity contribution in [3.05, 3.63) is 16.0 Å². The highest BCUT2D eigenvalue weighted by molar-refractivity contribution is 7.18. The predicted octanol–water partition coefficient (Wildman–Crippen LogP) is 2.14. The van der Waals surface area contributed by atoms with E-state index in [0.717, 1.165) is 17.8 Å². The molecule has 0 aromatic carbocycles. The zero-order valence-corrected chi connectivity index (χ0v) is 14.1. The van der Waals surface area contributed by atoms with Crippen molar-refractivity contribution in [1.29, 1.82) is 0 Å². The van der Waals surface area contributed by atoms with Crippen molar-refractivity contribution in [1.82, 2.24) is 0 Å². The molecule has 0 radical (unpaired) electrons. The maximum Gasteiger partial charge on any atom is 0.348 e. The average Bonchev–Trinajstić information content (AvgIpc) is 3.15. The number of nitrogens with one attached hydrogen (secondary N) is 1. The standard InChI is InChI=1S/C15H19NO6S/c1-4-21-15(19)11-8(2)10(14(18)20-3)13(23-11)16-12(17)9-6-5-7-22-9/h9H,4-7H2,1-3H3,(H,16,17)/t9-/m1/s1. The summed E-state index contributed by atoms with van der Waals surface area (Å²) in [6.45, 7) is 4.08. The van der Waals surface area contributed by atoms with Gasteiger partial charge in [0.15, 0.2) is 0 Å². The summed E-state index contributed by atoms with van der Waals surface area (Å²) >= 11 is 1.00. The Hall–Kier alpha value is -1.93. The molecule has 1 atom stereocenters. The third-order valence-corrected chi connectivity index (χ3v) is 4.64. The van der Waals surface area contributed by atoms with E-state index in [-0.39, 0.29) is 28.0 Å². The smallest absolute Gasteiger partial charge is 0.348 e. The van der Waals surface area contributed by atoms with Gasteiger partial charge < -0.3 is 19.5 Å². The van der Waals surface area contributed by atoms with Crippen LogP contribution < -0.4 is 5.32 Å². The fraction of sp³-hybridized carbons (Fsp3) is 0.533. The number of carbonyl (C=O) groups is 3. The van der Waals surface area contributed by atoms with Crippen molar-refractivity contribution in [2.45, 2.75) is 32.8 Å². The largest absolute Gasteiger partial charge is 0.465 e. The average molecular weight is 341 g/mol. The molecule has 1 saturated heterocycles. The summed E-state index contributed by atoms with van der Waals surface area (Å²) in [5, 5.41) is 2.95. The second-order valence-corrected chi connectivity index (χ2v) is 5.98. The fourth-order valence-corrected chi connectivity index (χ4v) is 3.41. The first-order valence-corrected chi connectivity index (χ1v) is 8.12. The van der Waals surface area contributed by atoms with Gasteiger partial charge >= 0.3 is 11.9 Å². The summed E-state index contributed by atoms with van der Waals surface area (Å²) in [5.41, 5.74) is 0.606. The number of anilines is 1. The molecule has 1 fully saturated rings. The van der Waals surface area contributed by atoms with Crippen molar-refractivity contribution in [2.24, 2.45) is 0 Å². The van der Waals surface area contributed by atoms with Crippen LogP contribution in [-0.4, -0.2) is 44.3 Å². The van der Waals surface area contributed by atoms with Gasteiger partial charge in [-0.1, -0.05) is 0 Å². The molecule has 0 unspecified atom stereocenters. The van der Waals surface area contributed by atoms with Crippen molar-refractivity contribution >= 4 is 34.2 Å². The van der Waals surface area contributed by atoms with Gasteiger partial charge in [0.25, 0.3) is 5.91 Å². The Balaban J connectivity index is 2.32. The minimum atomic E-state index is -0.614. The monoisotopic (exact) mass is 341 g/mol. The predicted molar refractivity (Wildman–Crippen MR) is 84.0 cm³/mol. The van der Waals surface area contributed by atoms with E-state index in [1.807, 2.05) is 0 Å². The number of esters is 2. The van der Waals surface area contributed by atoms with E-state index in [1.165, 1.54) is 7.11 Å². The van der Waals surface area contributed by atoms with E-state index >= 15 is 0 Å². The maximum absolute atomic E-state index is 12.2. The summed E-state index contributed by atoms with van der Waals surface area (Å²) in [4.78, 5) is 36.5. The first kappa shape index (κ1) is 17.4. The van der Waals surface area contributed by atoms with Crippen LogP contribution in [0, 0.1) is 6.92 Å². The van der Waals surface area contributed by atoms with Crippen molar-refractivity contribution in [3.8, 4) is 0 Å². The van der Waals surface area contributed by atoms with Crippen molar-refractivity contribution in [2.75, 3.05) is 25.6 Å². The van der Waals surface area contributed by atoms with Crippen LogP contribution in [0.4, 0.5) is 5.00 Å².